The second-order valence-corrected chi connectivity index (χ2v) is 6.09. The number of hydrogen-bond donors (Lipinski definition) is 2. The number of hydrogen-bond acceptors (Lipinski definition) is 3. The Morgan fingerprint density at radius 3 is 2.79 bits per heavy atom. The molecule has 6 heteroatoms. The minimum Gasteiger partial charge on any atom is -0.391 e. The number of aryl methyl sites for hydroxylation is 1. The minimum absolute atomic E-state index is 0.122. The number of benzene rings is 1. The number of likely N-dealkylation sites (tertiary alicyclic amines) is 1. The Hall–Kier alpha value is -2.60. The predicted octanol–water partition coefficient (Wildman–Crippen LogP) is 1.87. The van der Waals surface area contributed by atoms with Crippen molar-refractivity contribution >= 4 is 17.5 Å². The Morgan fingerprint density at radius 2 is 2.08 bits per heavy atom. The number of amides is 2. The van der Waals surface area contributed by atoms with E-state index in [-0.39, 0.29) is 11.8 Å². The van der Waals surface area contributed by atoms with Gasteiger partial charge in [-0.3, -0.25) is 9.59 Å². The molecule has 1 aromatic carbocycles. The van der Waals surface area contributed by atoms with Crippen LogP contribution in [0.1, 0.15) is 33.7 Å². The van der Waals surface area contributed by atoms with E-state index in [0.717, 1.165) is 12.8 Å². The van der Waals surface area contributed by atoms with Crippen LogP contribution in [0.5, 0.6) is 0 Å². The van der Waals surface area contributed by atoms with Crippen molar-refractivity contribution in [2.24, 2.45) is 7.05 Å². The van der Waals surface area contributed by atoms with E-state index in [2.05, 4.69) is 5.32 Å². The zero-order valence-electron chi connectivity index (χ0n) is 13.6. The number of aliphatic hydroxyl groups is 1. The average Bonchev–Trinajstić information content (AvgIpc) is 3.00. The summed E-state index contributed by atoms with van der Waals surface area (Å²) >= 11 is 0. The molecule has 1 fully saturated rings. The van der Waals surface area contributed by atoms with Crippen LogP contribution in [0.25, 0.3) is 0 Å². The maximum Gasteiger partial charge on any atom is 0.272 e. The third kappa shape index (κ3) is 3.49. The minimum atomic E-state index is -0.456. The van der Waals surface area contributed by atoms with Gasteiger partial charge in [0.1, 0.15) is 5.69 Å². The molecule has 0 saturated carbocycles. The Balaban J connectivity index is 1.73. The lowest BCUT2D eigenvalue weighted by atomic mass is 10.1. The Labute approximate surface area is 140 Å². The van der Waals surface area contributed by atoms with E-state index in [0.29, 0.717) is 30.0 Å². The number of aromatic nitrogens is 1. The molecule has 0 bridgehead atoms. The maximum absolute atomic E-state index is 12.6. The van der Waals surface area contributed by atoms with Crippen LogP contribution in [-0.4, -0.2) is 45.6 Å². The summed E-state index contributed by atoms with van der Waals surface area (Å²) in [5, 5.41) is 12.5. The van der Waals surface area contributed by atoms with Crippen molar-refractivity contribution in [2.45, 2.75) is 18.9 Å². The quantitative estimate of drug-likeness (QED) is 0.904. The molecule has 2 heterocycles. The zero-order chi connectivity index (χ0) is 17.1. The molecule has 1 aliphatic rings. The van der Waals surface area contributed by atoms with Gasteiger partial charge in [-0.05, 0) is 43.2 Å². The van der Waals surface area contributed by atoms with Crippen LogP contribution in [0, 0.1) is 0 Å². The van der Waals surface area contributed by atoms with Crippen molar-refractivity contribution in [3.05, 3.63) is 53.9 Å². The molecule has 2 N–H and O–H groups in total. The number of piperidine rings is 1. The lowest BCUT2D eigenvalue weighted by Gasteiger charge is -2.30. The number of nitrogens with zero attached hydrogens (tertiary/aromatic N) is 2. The summed E-state index contributed by atoms with van der Waals surface area (Å²) in [6.07, 6.45) is 2.88. The second-order valence-electron chi connectivity index (χ2n) is 6.09. The van der Waals surface area contributed by atoms with Gasteiger partial charge in [-0.1, -0.05) is 6.07 Å². The van der Waals surface area contributed by atoms with Crippen LogP contribution in [0.2, 0.25) is 0 Å². The molecule has 1 aliphatic heterocycles. The van der Waals surface area contributed by atoms with Crippen molar-refractivity contribution < 1.29 is 14.7 Å². The van der Waals surface area contributed by atoms with E-state index in [1.807, 2.05) is 0 Å². The molecule has 1 aromatic heterocycles. The average molecular weight is 327 g/mol. The third-order valence-corrected chi connectivity index (χ3v) is 4.23. The molecule has 1 saturated heterocycles. The number of β-amino-alcohol motifs (C(OH)–C–C–N with tert-alkyl or cyclic N) is 1. The van der Waals surface area contributed by atoms with Crippen LogP contribution in [0.15, 0.2) is 42.6 Å². The van der Waals surface area contributed by atoms with Gasteiger partial charge in [0.25, 0.3) is 11.8 Å². The molecule has 0 spiro atoms. The van der Waals surface area contributed by atoms with Crippen molar-refractivity contribution in [1.82, 2.24) is 9.47 Å². The molecule has 0 radical (unpaired) electrons. The topological polar surface area (TPSA) is 74.6 Å². The summed E-state index contributed by atoms with van der Waals surface area (Å²) in [5.74, 6) is -0.343. The highest BCUT2D eigenvalue weighted by Gasteiger charge is 2.23. The standard InChI is InChI=1S/C18H21N3O3/c1-20-9-4-8-16(20)17(23)19-14-6-2-5-13(11-14)18(24)21-10-3-7-15(22)12-21/h2,4-6,8-9,11,15,22H,3,7,10,12H2,1H3,(H,19,23). The molecule has 6 nitrogen and oxygen atoms in total. The zero-order valence-corrected chi connectivity index (χ0v) is 13.6. The maximum atomic E-state index is 12.6. The van der Waals surface area contributed by atoms with Crippen LogP contribution in [0.4, 0.5) is 5.69 Å². The second kappa shape index (κ2) is 6.88. The molecule has 1 unspecified atom stereocenters. The largest absolute Gasteiger partial charge is 0.391 e. The van der Waals surface area contributed by atoms with Crippen LogP contribution in [0.3, 0.4) is 0 Å². The molecule has 1 atom stereocenters. The van der Waals surface area contributed by atoms with E-state index in [9.17, 15) is 14.7 Å². The molecule has 2 amide bonds. The number of nitrogens with one attached hydrogen (secondary N) is 1. The molecule has 2 aromatic rings. The van der Waals surface area contributed by atoms with Crippen molar-refractivity contribution in [2.75, 3.05) is 18.4 Å². The highest BCUT2D eigenvalue weighted by atomic mass is 16.3. The van der Waals surface area contributed by atoms with Crippen molar-refractivity contribution in [1.29, 1.82) is 0 Å². The fourth-order valence-corrected chi connectivity index (χ4v) is 2.94. The first-order valence-electron chi connectivity index (χ1n) is 8.04. The Kier molecular flexibility index (Phi) is 4.66. The van der Waals surface area contributed by atoms with Gasteiger partial charge in [-0.15, -0.1) is 0 Å². The highest BCUT2D eigenvalue weighted by molar-refractivity contribution is 6.04. The molecule has 24 heavy (non-hydrogen) atoms. The first kappa shape index (κ1) is 16.3. The summed E-state index contributed by atoms with van der Waals surface area (Å²) in [5.41, 5.74) is 1.63. The number of aliphatic hydroxyl groups excluding tert-OH is 1. The van der Waals surface area contributed by atoms with Crippen LogP contribution in [-0.2, 0) is 7.05 Å². The first-order chi connectivity index (χ1) is 11.5. The van der Waals surface area contributed by atoms with Gasteiger partial charge in [0.15, 0.2) is 0 Å². The summed E-state index contributed by atoms with van der Waals surface area (Å²) in [6, 6.07) is 10.4. The summed E-state index contributed by atoms with van der Waals surface area (Å²) in [7, 11) is 1.80. The molecular weight excluding hydrogens is 306 g/mol. The summed E-state index contributed by atoms with van der Waals surface area (Å²) < 4.78 is 1.74. The van der Waals surface area contributed by atoms with Crippen molar-refractivity contribution in [3.63, 3.8) is 0 Å². The van der Waals surface area contributed by atoms with Gasteiger partial charge in [-0.2, -0.15) is 0 Å². The van der Waals surface area contributed by atoms with Crippen LogP contribution >= 0.6 is 0 Å². The smallest absolute Gasteiger partial charge is 0.272 e. The summed E-state index contributed by atoms with van der Waals surface area (Å²) in [6.45, 7) is 1.01. The Morgan fingerprint density at radius 1 is 1.25 bits per heavy atom. The molecule has 0 aliphatic carbocycles. The Bertz CT molecular complexity index is 753. The number of carbonyl (C=O) groups is 2. The van der Waals surface area contributed by atoms with Gasteiger partial charge in [0.2, 0.25) is 0 Å². The van der Waals surface area contributed by atoms with Gasteiger partial charge in [0.05, 0.1) is 6.10 Å². The van der Waals surface area contributed by atoms with E-state index in [1.165, 1.54) is 0 Å². The van der Waals surface area contributed by atoms with Crippen LogP contribution < -0.4 is 5.32 Å². The van der Waals surface area contributed by atoms with Gasteiger partial charge in [-0.25, -0.2) is 0 Å². The fourth-order valence-electron chi connectivity index (χ4n) is 2.94. The van der Waals surface area contributed by atoms with Crippen molar-refractivity contribution in [3.8, 4) is 0 Å². The third-order valence-electron chi connectivity index (χ3n) is 4.23. The molecule has 126 valence electrons. The summed E-state index contributed by atoms with van der Waals surface area (Å²) in [4.78, 5) is 26.5. The molecular formula is C18H21N3O3. The predicted molar refractivity (Wildman–Crippen MR) is 91.0 cm³/mol. The monoisotopic (exact) mass is 327 g/mol. The number of anilines is 1. The van der Waals surface area contributed by atoms with Gasteiger partial charge >= 0.3 is 0 Å². The first-order valence-corrected chi connectivity index (χ1v) is 8.04. The molecule has 3 rings (SSSR count). The lowest BCUT2D eigenvalue weighted by Crippen LogP contribution is -2.42. The van der Waals surface area contributed by atoms with E-state index in [4.69, 9.17) is 0 Å². The van der Waals surface area contributed by atoms with Gasteiger partial charge in [0, 0.05) is 37.6 Å². The van der Waals surface area contributed by atoms with Gasteiger partial charge < -0.3 is 19.9 Å². The van der Waals surface area contributed by atoms with E-state index >= 15 is 0 Å². The lowest BCUT2D eigenvalue weighted by molar-refractivity contribution is 0.0474. The SMILES string of the molecule is Cn1cccc1C(=O)Nc1cccc(C(=O)N2CCCC(O)C2)c1. The van der Waals surface area contributed by atoms with E-state index < -0.39 is 6.10 Å². The fraction of sp³-hybridized carbons (Fsp3) is 0.333. The normalized spacial score (nSPS) is 17.6. The highest BCUT2D eigenvalue weighted by Crippen LogP contribution is 2.17. The number of carbonyl (C=O) groups excluding carboxylic acids is 2. The number of rotatable bonds is 3. The van der Waals surface area contributed by atoms with E-state index in [1.54, 1.807) is 59.1 Å².